The van der Waals surface area contributed by atoms with Crippen LogP contribution in [0.25, 0.3) is 44.3 Å². The summed E-state index contributed by atoms with van der Waals surface area (Å²) in [6, 6.07) is 67.0. The fourth-order valence-corrected chi connectivity index (χ4v) is 9.49. The van der Waals surface area contributed by atoms with Crippen molar-refractivity contribution in [1.29, 1.82) is 0 Å². The monoisotopic (exact) mass is 677 g/mol. The van der Waals surface area contributed by atoms with Gasteiger partial charge in [-0.1, -0.05) is 153 Å². The minimum Gasteiger partial charge on any atom is -0.319 e. The van der Waals surface area contributed by atoms with E-state index in [2.05, 4.69) is 210 Å². The topological polar surface area (TPSA) is 13.1 Å². The third-order valence-corrected chi connectivity index (χ3v) is 11.7. The normalized spacial score (nSPS) is 13.9. The maximum Gasteiger partial charge on any atom is 0.289 e. The number of rotatable bonds is 4. The van der Waals surface area contributed by atoms with Crippen molar-refractivity contribution in [2.24, 2.45) is 0 Å². The molecule has 3 nitrogen and oxygen atoms in total. The lowest BCUT2D eigenvalue weighted by molar-refractivity contribution is 0.660. The molecule has 0 saturated heterocycles. The van der Waals surface area contributed by atoms with Crippen molar-refractivity contribution < 1.29 is 0 Å². The van der Waals surface area contributed by atoms with Crippen molar-refractivity contribution in [3.8, 4) is 22.5 Å². The van der Waals surface area contributed by atoms with Crippen LogP contribution in [0.1, 0.15) is 25.0 Å². The van der Waals surface area contributed by atoms with Gasteiger partial charge in [-0.3, -0.25) is 0 Å². The van der Waals surface area contributed by atoms with Crippen molar-refractivity contribution in [1.82, 2.24) is 9.13 Å². The van der Waals surface area contributed by atoms with Crippen LogP contribution < -0.4 is 21.5 Å². The Kier molecular flexibility index (Phi) is 6.39. The molecule has 0 radical (unpaired) electrons. The number of benzene rings is 7. The molecule has 2 aliphatic rings. The largest absolute Gasteiger partial charge is 0.319 e. The van der Waals surface area contributed by atoms with Crippen molar-refractivity contribution in [3.63, 3.8) is 0 Å². The zero-order valence-electron chi connectivity index (χ0n) is 29.7. The molecule has 0 unspecified atom stereocenters. The van der Waals surface area contributed by atoms with Gasteiger partial charge in [0.1, 0.15) is 0 Å². The molecule has 0 N–H and O–H groups in total. The predicted molar refractivity (Wildman–Crippen MR) is 223 cm³/mol. The third kappa shape index (κ3) is 4.18. The number of hydrogen-bond donors (Lipinski definition) is 0. The molecule has 2 aromatic heterocycles. The highest BCUT2D eigenvalue weighted by Crippen LogP contribution is 2.52. The fourth-order valence-electron chi connectivity index (χ4n) is 9.49. The van der Waals surface area contributed by atoms with E-state index < -0.39 is 0 Å². The Balaban J connectivity index is 1.33. The molecule has 4 heteroatoms. The summed E-state index contributed by atoms with van der Waals surface area (Å²) in [5, 5.41) is 2.47. The minimum atomic E-state index is -0.133. The van der Waals surface area contributed by atoms with Crippen LogP contribution >= 0.6 is 0 Å². The van der Waals surface area contributed by atoms with Gasteiger partial charge in [-0.2, -0.15) is 0 Å². The van der Waals surface area contributed by atoms with E-state index in [-0.39, 0.29) is 12.1 Å². The van der Waals surface area contributed by atoms with E-state index in [0.717, 1.165) is 11.4 Å². The van der Waals surface area contributed by atoms with Gasteiger partial charge >= 0.3 is 0 Å². The molecule has 53 heavy (non-hydrogen) atoms. The van der Waals surface area contributed by atoms with Crippen molar-refractivity contribution in [2.45, 2.75) is 19.3 Å². The molecule has 0 spiro atoms. The summed E-state index contributed by atoms with van der Waals surface area (Å²) in [4.78, 5) is 2.60. The summed E-state index contributed by atoms with van der Waals surface area (Å²) in [7, 11) is 0. The van der Waals surface area contributed by atoms with E-state index in [0.29, 0.717) is 0 Å². The maximum atomic E-state index is 2.60. The summed E-state index contributed by atoms with van der Waals surface area (Å²) in [5.41, 5.74) is 17.4. The Morgan fingerprint density at radius 1 is 0.415 bits per heavy atom. The zero-order chi connectivity index (χ0) is 35.3. The van der Waals surface area contributed by atoms with Crippen LogP contribution in [0, 0.1) is 0 Å². The standard InChI is InChI=1S/C49H36BN3/c1-49(2)41-27-15-12-24-37(41)38-31-30-36(32-42(38)49)53-45-39-25-13-16-28-43(39)51(34-20-8-4-9-21-34)47(45)50(33-18-6-3-7-19-33)48-46(53)40-26-14-17-29-44(40)52(48)35-22-10-5-11-23-35/h3-32H,1-2H3. The van der Waals surface area contributed by atoms with Crippen LogP contribution in [-0.4, -0.2) is 15.8 Å². The van der Waals surface area contributed by atoms with Crippen LogP contribution in [-0.2, 0) is 5.41 Å². The van der Waals surface area contributed by atoms with Gasteiger partial charge in [0.05, 0.1) is 22.4 Å². The Hall–Kier alpha value is -6.52. The first kappa shape index (κ1) is 30.1. The van der Waals surface area contributed by atoms with Crippen LogP contribution in [0.4, 0.5) is 17.1 Å². The number of anilines is 3. The molecule has 3 heterocycles. The quantitative estimate of drug-likeness (QED) is 0.169. The van der Waals surface area contributed by atoms with Crippen LogP contribution in [0.2, 0.25) is 0 Å². The van der Waals surface area contributed by atoms with Crippen molar-refractivity contribution in [2.75, 3.05) is 4.90 Å². The lowest BCUT2D eigenvalue weighted by Crippen LogP contribution is -2.60. The Labute approximate surface area is 310 Å². The first-order valence-electron chi connectivity index (χ1n) is 18.6. The maximum absolute atomic E-state index is 2.60. The Morgan fingerprint density at radius 3 is 1.47 bits per heavy atom. The van der Waals surface area contributed by atoms with E-state index in [1.165, 1.54) is 77.8 Å². The highest BCUT2D eigenvalue weighted by atomic mass is 15.2. The smallest absolute Gasteiger partial charge is 0.289 e. The number of hydrogen-bond acceptors (Lipinski definition) is 1. The Morgan fingerprint density at radius 2 is 0.887 bits per heavy atom. The van der Waals surface area contributed by atoms with Gasteiger partial charge in [-0.05, 0) is 70.8 Å². The molecule has 0 saturated carbocycles. The number of nitrogens with zero attached hydrogens (tertiary/aromatic N) is 3. The summed E-state index contributed by atoms with van der Waals surface area (Å²) in [6.07, 6.45) is 0. The van der Waals surface area contributed by atoms with Gasteiger partial charge in [-0.25, -0.2) is 0 Å². The summed E-state index contributed by atoms with van der Waals surface area (Å²) in [6.45, 7) is 4.68. The van der Waals surface area contributed by atoms with Gasteiger partial charge < -0.3 is 14.0 Å². The van der Waals surface area contributed by atoms with Gasteiger partial charge in [0, 0.05) is 44.4 Å². The SMILES string of the molecule is CC1(C)c2ccccc2-c2ccc(N3c4c(n(-c5ccccc5)c5ccccc45)B(c4ccccc4)c4c3c3ccccc3n4-c3ccccc3)cc21. The molecular formula is C49H36BN3. The van der Waals surface area contributed by atoms with Gasteiger partial charge in [0.15, 0.2) is 0 Å². The molecule has 9 aromatic rings. The van der Waals surface area contributed by atoms with Crippen LogP contribution in [0.5, 0.6) is 0 Å². The number of fused-ring (bicyclic) bond motifs is 9. The van der Waals surface area contributed by atoms with Gasteiger partial charge in [-0.15, -0.1) is 0 Å². The van der Waals surface area contributed by atoms with Gasteiger partial charge in [0.25, 0.3) is 6.71 Å². The second-order valence-corrected chi connectivity index (χ2v) is 14.9. The van der Waals surface area contributed by atoms with Crippen LogP contribution in [0.3, 0.4) is 0 Å². The summed E-state index contributed by atoms with van der Waals surface area (Å²) >= 11 is 0. The van der Waals surface area contributed by atoms with Crippen molar-refractivity contribution >= 4 is 62.2 Å². The van der Waals surface area contributed by atoms with E-state index in [4.69, 9.17) is 0 Å². The zero-order valence-corrected chi connectivity index (χ0v) is 29.7. The molecule has 0 amide bonds. The molecule has 11 rings (SSSR count). The summed E-state index contributed by atoms with van der Waals surface area (Å²) < 4.78 is 5.05. The lowest BCUT2D eigenvalue weighted by atomic mass is 9.38. The van der Waals surface area contributed by atoms with E-state index in [1.54, 1.807) is 0 Å². The molecular weight excluding hydrogens is 641 g/mol. The first-order valence-corrected chi connectivity index (χ1v) is 18.6. The molecule has 1 aliphatic carbocycles. The van der Waals surface area contributed by atoms with Crippen LogP contribution in [0.15, 0.2) is 182 Å². The molecule has 7 aromatic carbocycles. The second-order valence-electron chi connectivity index (χ2n) is 14.9. The average Bonchev–Trinajstić information content (AvgIpc) is 3.82. The highest BCUT2D eigenvalue weighted by Gasteiger charge is 2.45. The third-order valence-electron chi connectivity index (χ3n) is 11.7. The second kappa shape index (κ2) is 11.2. The fraction of sp³-hybridized carbons (Fsp3) is 0.0612. The molecule has 1 aliphatic heterocycles. The number of aromatic nitrogens is 2. The van der Waals surface area contributed by atoms with Gasteiger partial charge in [0.2, 0.25) is 0 Å². The van der Waals surface area contributed by atoms with E-state index >= 15 is 0 Å². The molecule has 0 bridgehead atoms. The van der Waals surface area contributed by atoms with E-state index in [1.807, 2.05) is 0 Å². The highest BCUT2D eigenvalue weighted by molar-refractivity contribution is 6.98. The minimum absolute atomic E-state index is 0.0761. The number of para-hydroxylation sites is 4. The predicted octanol–water partition coefficient (Wildman–Crippen LogP) is 10.2. The molecule has 0 fully saturated rings. The lowest BCUT2D eigenvalue weighted by Gasteiger charge is -2.36. The average molecular weight is 678 g/mol. The van der Waals surface area contributed by atoms with Crippen molar-refractivity contribution in [3.05, 3.63) is 193 Å². The molecule has 250 valence electrons. The first-order chi connectivity index (χ1) is 26.1. The summed E-state index contributed by atoms with van der Waals surface area (Å²) in [5.74, 6) is 0. The Bertz CT molecular complexity index is 2740. The molecule has 0 atom stereocenters. The van der Waals surface area contributed by atoms with E-state index in [9.17, 15) is 0 Å².